The topological polar surface area (TPSA) is 72.9 Å². The summed E-state index contributed by atoms with van der Waals surface area (Å²) < 4.78 is 2.58. The molecule has 1 atom stereocenters. The average Bonchev–Trinajstić information content (AvgIpc) is 2.49. The van der Waals surface area contributed by atoms with E-state index >= 15 is 0 Å². The number of carbonyl (C=O) groups is 1. The molecule has 0 saturated heterocycles. The molecule has 0 saturated carbocycles. The van der Waals surface area contributed by atoms with Gasteiger partial charge in [-0.1, -0.05) is 6.92 Å². The maximum Gasteiger partial charge on any atom is 0.238 e. The first-order valence-corrected chi connectivity index (χ1v) is 4.61. The molecule has 1 aromatic rings. The summed E-state index contributed by atoms with van der Waals surface area (Å²) in [5.74, 6) is 4.62. The fraction of sp³-hybridized carbons (Fsp3) is 0.429. The molecule has 0 fully saturated rings. The monoisotopic (exact) mass is 246 g/mol. The van der Waals surface area contributed by atoms with Gasteiger partial charge in [-0.05, 0) is 15.9 Å². The second-order valence-corrected chi connectivity index (χ2v) is 3.71. The Kier molecular flexibility index (Phi) is 3.44. The number of nitrogens with zero attached hydrogens (tertiary/aromatic N) is 2. The molecule has 1 heterocycles. The third-order valence-corrected chi connectivity index (χ3v) is 2.06. The van der Waals surface area contributed by atoms with Gasteiger partial charge in [0.25, 0.3) is 0 Å². The van der Waals surface area contributed by atoms with Crippen LogP contribution in [0.2, 0.25) is 0 Å². The van der Waals surface area contributed by atoms with Crippen molar-refractivity contribution in [1.29, 1.82) is 0 Å². The number of hydrogen-bond donors (Lipinski definition) is 2. The van der Waals surface area contributed by atoms with Gasteiger partial charge in [0.15, 0.2) is 0 Å². The van der Waals surface area contributed by atoms with Crippen LogP contribution < -0.4 is 11.3 Å². The van der Waals surface area contributed by atoms with Crippen LogP contribution in [-0.4, -0.2) is 15.7 Å². The fourth-order valence-electron chi connectivity index (χ4n) is 0.944. The van der Waals surface area contributed by atoms with Crippen LogP contribution in [0.15, 0.2) is 16.9 Å². The molecule has 0 aliphatic rings. The molecule has 1 amide bonds. The Morgan fingerprint density at radius 3 is 3.08 bits per heavy atom. The minimum Gasteiger partial charge on any atom is -0.294 e. The lowest BCUT2D eigenvalue weighted by Gasteiger charge is -2.08. The number of aromatic nitrogens is 2. The molecule has 5 nitrogen and oxygen atoms in total. The van der Waals surface area contributed by atoms with Gasteiger partial charge in [0, 0.05) is 6.20 Å². The van der Waals surface area contributed by atoms with E-state index in [2.05, 4.69) is 26.5 Å². The summed E-state index contributed by atoms with van der Waals surface area (Å²) in [6.45, 7) is 2.31. The first-order valence-electron chi connectivity index (χ1n) is 3.82. The van der Waals surface area contributed by atoms with Crippen molar-refractivity contribution in [2.45, 2.75) is 13.5 Å². The zero-order valence-electron chi connectivity index (χ0n) is 7.20. The summed E-state index contributed by atoms with van der Waals surface area (Å²) in [7, 11) is 0. The number of halogens is 1. The second-order valence-electron chi connectivity index (χ2n) is 2.79. The first kappa shape index (κ1) is 10.2. The van der Waals surface area contributed by atoms with Crippen molar-refractivity contribution in [3.05, 3.63) is 16.9 Å². The van der Waals surface area contributed by atoms with Crippen molar-refractivity contribution in [3.8, 4) is 0 Å². The number of rotatable bonds is 3. The number of amides is 1. The maximum absolute atomic E-state index is 11.0. The van der Waals surface area contributed by atoms with E-state index < -0.39 is 0 Å². The van der Waals surface area contributed by atoms with E-state index in [1.807, 2.05) is 0 Å². The molecule has 3 N–H and O–H groups in total. The Labute approximate surface area is 84.4 Å². The largest absolute Gasteiger partial charge is 0.294 e. The van der Waals surface area contributed by atoms with Crippen molar-refractivity contribution < 1.29 is 4.79 Å². The molecule has 0 unspecified atom stereocenters. The molecule has 0 aromatic carbocycles. The Morgan fingerprint density at radius 2 is 2.62 bits per heavy atom. The zero-order chi connectivity index (χ0) is 9.84. The van der Waals surface area contributed by atoms with Gasteiger partial charge in [-0.2, -0.15) is 5.10 Å². The van der Waals surface area contributed by atoms with E-state index in [0.717, 1.165) is 4.47 Å². The van der Waals surface area contributed by atoms with Crippen LogP contribution in [0.1, 0.15) is 6.92 Å². The molecule has 0 aliphatic carbocycles. The zero-order valence-corrected chi connectivity index (χ0v) is 8.78. The summed E-state index contributed by atoms with van der Waals surface area (Å²) in [6, 6.07) is 0. The molecule has 1 rings (SSSR count). The summed E-state index contributed by atoms with van der Waals surface area (Å²) in [5, 5.41) is 4.02. The predicted octanol–water partition coefficient (Wildman–Crippen LogP) is 0.272. The van der Waals surface area contributed by atoms with Crippen LogP contribution >= 0.6 is 15.9 Å². The minimum atomic E-state index is -0.188. The van der Waals surface area contributed by atoms with E-state index in [9.17, 15) is 4.79 Å². The van der Waals surface area contributed by atoms with E-state index in [4.69, 9.17) is 5.84 Å². The normalized spacial score (nSPS) is 12.5. The third kappa shape index (κ3) is 2.82. The Bertz CT molecular complexity index is 298. The lowest BCUT2D eigenvalue weighted by Crippen LogP contribution is -2.36. The van der Waals surface area contributed by atoms with E-state index in [0.29, 0.717) is 6.54 Å². The lowest BCUT2D eigenvalue weighted by atomic mass is 10.2. The highest BCUT2D eigenvalue weighted by molar-refractivity contribution is 9.10. The number of hydrogen-bond acceptors (Lipinski definition) is 3. The summed E-state index contributed by atoms with van der Waals surface area (Å²) in [6.07, 6.45) is 3.48. The highest BCUT2D eigenvalue weighted by Gasteiger charge is 2.11. The van der Waals surface area contributed by atoms with Crippen LogP contribution in [0, 0.1) is 5.92 Å². The molecular weight excluding hydrogens is 236 g/mol. The summed E-state index contributed by atoms with van der Waals surface area (Å²) in [5.41, 5.74) is 2.10. The van der Waals surface area contributed by atoms with Gasteiger partial charge in [-0.3, -0.25) is 14.9 Å². The van der Waals surface area contributed by atoms with Gasteiger partial charge in [0.05, 0.1) is 23.1 Å². The maximum atomic E-state index is 11.0. The standard InChI is InChI=1S/C7H11BrN4O/c1-5(7(13)11-9)3-12-4-6(8)2-10-12/h2,4-5H,3,9H2,1H3,(H,11,13)/t5-/m1/s1. The molecule has 0 spiro atoms. The predicted molar refractivity (Wildman–Crippen MR) is 51.4 cm³/mol. The first-order chi connectivity index (χ1) is 6.13. The molecule has 0 bridgehead atoms. The van der Waals surface area contributed by atoms with Gasteiger partial charge >= 0.3 is 0 Å². The van der Waals surface area contributed by atoms with Crippen molar-refractivity contribution in [2.24, 2.45) is 11.8 Å². The van der Waals surface area contributed by atoms with Crippen molar-refractivity contribution in [1.82, 2.24) is 15.2 Å². The highest BCUT2D eigenvalue weighted by Crippen LogP contribution is 2.08. The second kappa shape index (κ2) is 4.38. The molecule has 0 aliphatic heterocycles. The van der Waals surface area contributed by atoms with E-state index in [-0.39, 0.29) is 11.8 Å². The van der Waals surface area contributed by atoms with Gasteiger partial charge in [0.2, 0.25) is 5.91 Å². The van der Waals surface area contributed by atoms with Crippen molar-refractivity contribution in [3.63, 3.8) is 0 Å². The van der Waals surface area contributed by atoms with Gasteiger partial charge in [-0.25, -0.2) is 5.84 Å². The van der Waals surface area contributed by atoms with Crippen LogP contribution in [0.4, 0.5) is 0 Å². The van der Waals surface area contributed by atoms with Crippen LogP contribution in [0.3, 0.4) is 0 Å². The molecule has 0 radical (unpaired) electrons. The van der Waals surface area contributed by atoms with Crippen molar-refractivity contribution in [2.75, 3.05) is 0 Å². The van der Waals surface area contributed by atoms with Crippen LogP contribution in [0.25, 0.3) is 0 Å². The minimum absolute atomic E-state index is 0.184. The van der Waals surface area contributed by atoms with Crippen LogP contribution in [0.5, 0.6) is 0 Å². The van der Waals surface area contributed by atoms with Gasteiger partial charge in [-0.15, -0.1) is 0 Å². The summed E-state index contributed by atoms with van der Waals surface area (Å²) in [4.78, 5) is 11.0. The smallest absolute Gasteiger partial charge is 0.238 e. The summed E-state index contributed by atoms with van der Waals surface area (Å²) >= 11 is 3.27. The number of nitrogens with one attached hydrogen (secondary N) is 1. The average molecular weight is 247 g/mol. The molecule has 6 heteroatoms. The van der Waals surface area contributed by atoms with Gasteiger partial charge in [0.1, 0.15) is 0 Å². The van der Waals surface area contributed by atoms with Gasteiger partial charge < -0.3 is 0 Å². The molecule has 13 heavy (non-hydrogen) atoms. The molecular formula is C7H11BrN4O. The SMILES string of the molecule is C[C@H](Cn1cc(Br)cn1)C(=O)NN. The Morgan fingerprint density at radius 1 is 1.92 bits per heavy atom. The van der Waals surface area contributed by atoms with E-state index in [1.54, 1.807) is 24.0 Å². The van der Waals surface area contributed by atoms with Crippen LogP contribution in [-0.2, 0) is 11.3 Å². The Balaban J connectivity index is 2.54. The molecule has 1 aromatic heterocycles. The number of carbonyl (C=O) groups excluding carboxylic acids is 1. The van der Waals surface area contributed by atoms with Crippen molar-refractivity contribution >= 4 is 21.8 Å². The lowest BCUT2D eigenvalue weighted by molar-refractivity contribution is -0.125. The Hall–Kier alpha value is -0.880. The number of nitrogens with two attached hydrogens (primary N) is 1. The fourth-order valence-corrected chi connectivity index (χ4v) is 1.27. The quantitative estimate of drug-likeness (QED) is 0.457. The van der Waals surface area contributed by atoms with E-state index in [1.165, 1.54) is 0 Å². The number of hydrazine groups is 1. The third-order valence-electron chi connectivity index (χ3n) is 1.65. The molecule has 72 valence electrons. The highest BCUT2D eigenvalue weighted by atomic mass is 79.9.